The molecule has 86 valence electrons. The summed E-state index contributed by atoms with van der Waals surface area (Å²) in [5.41, 5.74) is 0. The second kappa shape index (κ2) is 7.22. The summed E-state index contributed by atoms with van der Waals surface area (Å²) in [6, 6.07) is 0. The third kappa shape index (κ3) is 5.36. The summed E-state index contributed by atoms with van der Waals surface area (Å²) >= 11 is 2.85. The lowest BCUT2D eigenvalue weighted by atomic mass is 10.2. The smallest absolute Gasteiger partial charge is 0.347 e. The second-order valence-corrected chi connectivity index (χ2v) is 2.98. The van der Waals surface area contributed by atoms with Crippen LogP contribution >= 0.6 is 15.9 Å². The summed E-state index contributed by atoms with van der Waals surface area (Å²) in [5, 5.41) is -0.0678. The Labute approximate surface area is 95.0 Å². The van der Waals surface area contributed by atoms with Gasteiger partial charge in [-0.15, -0.1) is 0 Å². The van der Waals surface area contributed by atoms with Gasteiger partial charge in [0, 0.05) is 0 Å². The van der Waals surface area contributed by atoms with E-state index in [0.29, 0.717) is 0 Å². The number of alkyl halides is 1. The van der Waals surface area contributed by atoms with Crippen LogP contribution in [0.4, 0.5) is 0 Å². The van der Waals surface area contributed by atoms with Crippen molar-refractivity contribution in [2.45, 2.75) is 12.5 Å². The standard InChI is InChI=1S/C8H11BrO6/c1-13-6(10)3-5(8(12)14-2)15-7(11)4-9/h5H,3-4H2,1-2H3/t5-/m1/s1. The van der Waals surface area contributed by atoms with E-state index in [9.17, 15) is 14.4 Å². The fraction of sp³-hybridized carbons (Fsp3) is 0.625. The van der Waals surface area contributed by atoms with Crippen molar-refractivity contribution in [2.75, 3.05) is 19.5 Å². The van der Waals surface area contributed by atoms with Crippen molar-refractivity contribution in [1.82, 2.24) is 0 Å². The van der Waals surface area contributed by atoms with Crippen molar-refractivity contribution >= 4 is 33.8 Å². The van der Waals surface area contributed by atoms with Crippen molar-refractivity contribution in [1.29, 1.82) is 0 Å². The Kier molecular flexibility index (Phi) is 6.68. The van der Waals surface area contributed by atoms with Crippen LogP contribution in [0.2, 0.25) is 0 Å². The van der Waals surface area contributed by atoms with Crippen molar-refractivity contribution < 1.29 is 28.6 Å². The number of ether oxygens (including phenoxy) is 3. The van der Waals surface area contributed by atoms with Crippen molar-refractivity contribution in [3.63, 3.8) is 0 Å². The average Bonchev–Trinajstić information content (AvgIpc) is 2.26. The maximum Gasteiger partial charge on any atom is 0.347 e. The molecule has 0 aliphatic carbocycles. The molecule has 0 aromatic rings. The summed E-state index contributed by atoms with van der Waals surface area (Å²) in [6.45, 7) is 0. The van der Waals surface area contributed by atoms with Gasteiger partial charge in [-0.1, -0.05) is 15.9 Å². The van der Waals surface area contributed by atoms with Crippen molar-refractivity contribution in [3.05, 3.63) is 0 Å². The zero-order valence-corrected chi connectivity index (χ0v) is 9.91. The van der Waals surface area contributed by atoms with Crippen LogP contribution in [0.5, 0.6) is 0 Å². The van der Waals surface area contributed by atoms with Crippen LogP contribution in [0, 0.1) is 0 Å². The molecule has 7 heteroatoms. The number of carbonyl (C=O) groups is 3. The lowest BCUT2D eigenvalue weighted by Crippen LogP contribution is -2.31. The molecule has 1 atom stereocenters. The van der Waals surface area contributed by atoms with Crippen molar-refractivity contribution in [3.8, 4) is 0 Å². The number of hydrogen-bond acceptors (Lipinski definition) is 6. The molecular formula is C8H11BrO6. The monoisotopic (exact) mass is 282 g/mol. The number of rotatable bonds is 5. The van der Waals surface area contributed by atoms with E-state index in [-0.39, 0.29) is 11.8 Å². The minimum Gasteiger partial charge on any atom is -0.469 e. The summed E-state index contributed by atoms with van der Waals surface area (Å²) in [7, 11) is 2.30. The van der Waals surface area contributed by atoms with Gasteiger partial charge in [0.25, 0.3) is 0 Å². The topological polar surface area (TPSA) is 78.9 Å². The first-order chi connectivity index (χ1) is 7.04. The van der Waals surface area contributed by atoms with Gasteiger partial charge >= 0.3 is 17.9 Å². The molecule has 0 unspecified atom stereocenters. The summed E-state index contributed by atoms with van der Waals surface area (Å²) in [6.07, 6.45) is -1.62. The number of halogens is 1. The van der Waals surface area contributed by atoms with Gasteiger partial charge in [-0.2, -0.15) is 0 Å². The van der Waals surface area contributed by atoms with Gasteiger partial charge in [0.2, 0.25) is 6.10 Å². The summed E-state index contributed by atoms with van der Waals surface area (Å²) in [5.74, 6) is -2.11. The maximum absolute atomic E-state index is 11.1. The first kappa shape index (κ1) is 13.9. The Morgan fingerprint density at radius 1 is 1.13 bits per heavy atom. The largest absolute Gasteiger partial charge is 0.469 e. The molecule has 0 heterocycles. The molecule has 0 aliphatic rings. The summed E-state index contributed by atoms with van der Waals surface area (Å²) < 4.78 is 13.4. The Bertz CT molecular complexity index is 234. The molecule has 6 nitrogen and oxygen atoms in total. The third-order valence-electron chi connectivity index (χ3n) is 1.43. The molecule has 0 saturated heterocycles. The number of carbonyl (C=O) groups excluding carboxylic acids is 3. The number of esters is 3. The average molecular weight is 283 g/mol. The van der Waals surface area contributed by atoms with Gasteiger partial charge in [0.05, 0.1) is 20.6 Å². The fourth-order valence-electron chi connectivity index (χ4n) is 0.729. The molecule has 0 bridgehead atoms. The van der Waals surface area contributed by atoms with Gasteiger partial charge < -0.3 is 14.2 Å². The van der Waals surface area contributed by atoms with Gasteiger partial charge in [-0.05, 0) is 0 Å². The fourth-order valence-corrected chi connectivity index (χ4v) is 0.862. The summed E-state index contributed by atoms with van der Waals surface area (Å²) in [4.78, 5) is 32.9. The molecular weight excluding hydrogens is 272 g/mol. The van der Waals surface area contributed by atoms with E-state index in [1.165, 1.54) is 7.11 Å². The van der Waals surface area contributed by atoms with E-state index in [1.807, 2.05) is 0 Å². The Balaban J connectivity index is 4.37. The predicted octanol–water partition coefficient (Wildman–Crippen LogP) is 0.0292. The van der Waals surface area contributed by atoms with E-state index in [0.717, 1.165) is 7.11 Å². The van der Waals surface area contributed by atoms with Crippen LogP contribution < -0.4 is 0 Å². The van der Waals surface area contributed by atoms with Gasteiger partial charge in [0.1, 0.15) is 5.33 Å². The van der Waals surface area contributed by atoms with Crippen LogP contribution in [0.25, 0.3) is 0 Å². The van der Waals surface area contributed by atoms with Crippen LogP contribution in [0.15, 0.2) is 0 Å². The van der Waals surface area contributed by atoms with Crippen LogP contribution in [-0.4, -0.2) is 43.6 Å². The Morgan fingerprint density at radius 3 is 2.13 bits per heavy atom. The Hall–Kier alpha value is -1.11. The van der Waals surface area contributed by atoms with Gasteiger partial charge in [0.15, 0.2) is 0 Å². The molecule has 0 spiro atoms. The van der Waals surface area contributed by atoms with Crippen molar-refractivity contribution in [2.24, 2.45) is 0 Å². The van der Waals surface area contributed by atoms with E-state index in [4.69, 9.17) is 0 Å². The molecule has 0 aromatic heterocycles. The quantitative estimate of drug-likeness (QED) is 0.402. The van der Waals surface area contributed by atoms with Gasteiger partial charge in [-0.3, -0.25) is 9.59 Å². The first-order valence-corrected chi connectivity index (χ1v) is 5.07. The molecule has 15 heavy (non-hydrogen) atoms. The molecule has 0 amide bonds. The van der Waals surface area contributed by atoms with Crippen LogP contribution in [-0.2, 0) is 28.6 Å². The highest BCUT2D eigenvalue weighted by atomic mass is 79.9. The highest BCUT2D eigenvalue weighted by molar-refractivity contribution is 9.09. The molecule has 0 radical (unpaired) electrons. The predicted molar refractivity (Wildman–Crippen MR) is 52.3 cm³/mol. The van der Waals surface area contributed by atoms with Crippen LogP contribution in [0.3, 0.4) is 0 Å². The lowest BCUT2D eigenvalue weighted by molar-refractivity contribution is -0.168. The van der Waals surface area contributed by atoms with E-state index < -0.39 is 24.0 Å². The zero-order chi connectivity index (χ0) is 11.8. The molecule has 0 saturated carbocycles. The number of methoxy groups -OCH3 is 2. The number of hydrogen-bond donors (Lipinski definition) is 0. The lowest BCUT2D eigenvalue weighted by Gasteiger charge is -2.13. The minimum absolute atomic E-state index is 0.0678. The molecule has 0 aliphatic heterocycles. The second-order valence-electron chi connectivity index (χ2n) is 2.42. The van der Waals surface area contributed by atoms with E-state index in [1.54, 1.807) is 0 Å². The van der Waals surface area contributed by atoms with Gasteiger partial charge in [-0.25, -0.2) is 4.79 Å². The molecule has 0 N–H and O–H groups in total. The highest BCUT2D eigenvalue weighted by Crippen LogP contribution is 2.04. The Morgan fingerprint density at radius 2 is 1.73 bits per heavy atom. The zero-order valence-electron chi connectivity index (χ0n) is 8.32. The normalized spacial score (nSPS) is 11.4. The SMILES string of the molecule is COC(=O)C[C@@H](OC(=O)CBr)C(=O)OC. The van der Waals surface area contributed by atoms with Crippen LogP contribution in [0.1, 0.15) is 6.42 Å². The first-order valence-electron chi connectivity index (χ1n) is 3.95. The molecule has 0 fully saturated rings. The maximum atomic E-state index is 11.1. The van der Waals surface area contributed by atoms with E-state index >= 15 is 0 Å². The third-order valence-corrected chi connectivity index (χ3v) is 1.88. The van der Waals surface area contributed by atoms with E-state index in [2.05, 4.69) is 30.1 Å². The minimum atomic E-state index is -1.26. The molecule has 0 rings (SSSR count). The highest BCUT2D eigenvalue weighted by Gasteiger charge is 2.26. The molecule has 0 aromatic carbocycles.